The quantitative estimate of drug-likeness (QED) is 0.696. The van der Waals surface area contributed by atoms with Crippen LogP contribution in [0.25, 0.3) is 11.0 Å². The third-order valence-electron chi connectivity index (χ3n) is 1.84. The number of halogens is 1. The molecule has 0 aliphatic rings. The molecule has 0 fully saturated rings. The average Bonchev–Trinajstić information content (AvgIpc) is 2.09. The van der Waals surface area contributed by atoms with Gasteiger partial charge in [0.05, 0.1) is 10.5 Å². The number of aryl methyl sites for hydroxylation is 1. The highest BCUT2D eigenvalue weighted by molar-refractivity contribution is 6.34. The van der Waals surface area contributed by atoms with E-state index >= 15 is 0 Å². The van der Waals surface area contributed by atoms with Crippen molar-refractivity contribution in [1.82, 2.24) is 9.97 Å². The summed E-state index contributed by atoms with van der Waals surface area (Å²) in [6.07, 6.45) is 0. The van der Waals surface area contributed by atoms with Crippen molar-refractivity contribution in [3.05, 3.63) is 39.3 Å². The van der Waals surface area contributed by atoms with Gasteiger partial charge in [-0.05, 0) is 19.1 Å². The van der Waals surface area contributed by atoms with Crippen LogP contribution in [0.5, 0.6) is 0 Å². The van der Waals surface area contributed by atoms with Crippen molar-refractivity contribution < 1.29 is 0 Å². The minimum absolute atomic E-state index is 0.172. The molecule has 3 nitrogen and oxygen atoms in total. The van der Waals surface area contributed by atoms with Crippen molar-refractivity contribution in [2.75, 3.05) is 0 Å². The minimum atomic E-state index is -0.172. The van der Waals surface area contributed by atoms with E-state index in [0.717, 1.165) is 0 Å². The maximum absolute atomic E-state index is 11.2. The number of benzene rings is 1. The van der Waals surface area contributed by atoms with Gasteiger partial charge in [0.1, 0.15) is 11.2 Å². The first-order chi connectivity index (χ1) is 6.18. The van der Waals surface area contributed by atoms with Gasteiger partial charge in [-0.25, -0.2) is 4.98 Å². The maximum Gasteiger partial charge on any atom is 0.269 e. The lowest BCUT2D eigenvalue weighted by atomic mass is 10.3. The second kappa shape index (κ2) is 2.85. The van der Waals surface area contributed by atoms with Crippen LogP contribution in [0.3, 0.4) is 0 Å². The lowest BCUT2D eigenvalue weighted by molar-refractivity contribution is 1.12. The number of aromatic amines is 1. The summed E-state index contributed by atoms with van der Waals surface area (Å²) in [5.74, 6) is 0. The van der Waals surface area contributed by atoms with Crippen LogP contribution >= 0.6 is 11.6 Å². The molecular formula is C9H7ClN2O. The number of para-hydroxylation sites is 1. The molecule has 0 saturated heterocycles. The van der Waals surface area contributed by atoms with Crippen molar-refractivity contribution in [2.45, 2.75) is 6.92 Å². The molecule has 1 aromatic heterocycles. The molecular weight excluding hydrogens is 188 g/mol. The van der Waals surface area contributed by atoms with Gasteiger partial charge in [-0.2, -0.15) is 0 Å². The van der Waals surface area contributed by atoms with Gasteiger partial charge in [-0.3, -0.25) is 4.79 Å². The Balaban J connectivity index is 2.97. The molecule has 66 valence electrons. The largest absolute Gasteiger partial charge is 0.319 e. The van der Waals surface area contributed by atoms with Crippen LogP contribution in [0.2, 0.25) is 5.02 Å². The summed E-state index contributed by atoms with van der Waals surface area (Å²) in [5.41, 5.74) is 1.57. The van der Waals surface area contributed by atoms with Crippen LogP contribution in [0.4, 0.5) is 0 Å². The summed E-state index contributed by atoms with van der Waals surface area (Å²) < 4.78 is 0. The molecule has 0 bridgehead atoms. The van der Waals surface area contributed by atoms with E-state index in [4.69, 9.17) is 11.6 Å². The molecule has 1 N–H and O–H groups in total. The summed E-state index contributed by atoms with van der Waals surface area (Å²) >= 11 is 5.90. The van der Waals surface area contributed by atoms with Gasteiger partial charge in [-0.15, -0.1) is 0 Å². The fraction of sp³-hybridized carbons (Fsp3) is 0.111. The molecule has 0 aliphatic heterocycles. The SMILES string of the molecule is Cc1nc2c(Cl)cccc2[nH]c1=O. The Hall–Kier alpha value is -1.35. The number of fused-ring (bicyclic) bond motifs is 1. The molecule has 4 heteroatoms. The van der Waals surface area contributed by atoms with E-state index in [1.165, 1.54) is 0 Å². The Morgan fingerprint density at radius 1 is 1.46 bits per heavy atom. The Morgan fingerprint density at radius 2 is 2.23 bits per heavy atom. The summed E-state index contributed by atoms with van der Waals surface area (Å²) in [5, 5.41) is 0.553. The van der Waals surface area contributed by atoms with E-state index in [2.05, 4.69) is 9.97 Å². The van der Waals surface area contributed by atoms with E-state index in [1.807, 2.05) is 0 Å². The van der Waals surface area contributed by atoms with Crippen molar-refractivity contribution in [3.8, 4) is 0 Å². The summed E-state index contributed by atoms with van der Waals surface area (Å²) in [7, 11) is 0. The normalized spacial score (nSPS) is 10.6. The Kier molecular flexibility index (Phi) is 1.81. The number of aromatic nitrogens is 2. The Labute approximate surface area is 79.4 Å². The standard InChI is InChI=1S/C9H7ClN2O/c1-5-9(13)12-7-4-2-3-6(10)8(7)11-5/h2-4H,1H3,(H,12,13). The zero-order valence-corrected chi connectivity index (χ0v) is 7.72. The number of hydrogen-bond donors (Lipinski definition) is 1. The molecule has 0 amide bonds. The third kappa shape index (κ3) is 1.31. The first-order valence-electron chi connectivity index (χ1n) is 3.83. The van der Waals surface area contributed by atoms with Crippen LogP contribution in [0.1, 0.15) is 5.69 Å². The molecule has 0 atom stereocenters. The van der Waals surface area contributed by atoms with Gasteiger partial charge < -0.3 is 4.98 Å². The highest BCUT2D eigenvalue weighted by atomic mass is 35.5. The Morgan fingerprint density at radius 3 is 3.00 bits per heavy atom. The van der Waals surface area contributed by atoms with Crippen molar-refractivity contribution in [2.24, 2.45) is 0 Å². The molecule has 0 radical (unpaired) electrons. The zero-order valence-electron chi connectivity index (χ0n) is 6.97. The van der Waals surface area contributed by atoms with Gasteiger partial charge in [0.15, 0.2) is 0 Å². The second-order valence-corrected chi connectivity index (χ2v) is 3.19. The molecule has 2 rings (SSSR count). The fourth-order valence-electron chi connectivity index (χ4n) is 1.16. The first-order valence-corrected chi connectivity index (χ1v) is 4.21. The molecule has 0 spiro atoms. The molecule has 0 saturated carbocycles. The van der Waals surface area contributed by atoms with Gasteiger partial charge in [0.2, 0.25) is 0 Å². The van der Waals surface area contributed by atoms with E-state index in [9.17, 15) is 4.79 Å². The highest BCUT2D eigenvalue weighted by Gasteiger charge is 2.02. The number of nitrogens with one attached hydrogen (secondary N) is 1. The lowest BCUT2D eigenvalue weighted by Crippen LogP contribution is -2.11. The zero-order chi connectivity index (χ0) is 9.42. The molecule has 0 aliphatic carbocycles. The summed E-state index contributed by atoms with van der Waals surface area (Å²) in [6, 6.07) is 5.29. The predicted octanol–water partition coefficient (Wildman–Crippen LogP) is 1.88. The predicted molar refractivity (Wildman–Crippen MR) is 52.1 cm³/mol. The second-order valence-electron chi connectivity index (χ2n) is 2.79. The fourth-order valence-corrected chi connectivity index (χ4v) is 1.38. The summed E-state index contributed by atoms with van der Waals surface area (Å²) in [6.45, 7) is 1.65. The van der Waals surface area contributed by atoms with Crippen molar-refractivity contribution >= 4 is 22.6 Å². The highest BCUT2D eigenvalue weighted by Crippen LogP contribution is 2.18. The van der Waals surface area contributed by atoms with Crippen LogP contribution in [-0.2, 0) is 0 Å². The van der Waals surface area contributed by atoms with E-state index in [1.54, 1.807) is 25.1 Å². The average molecular weight is 195 g/mol. The number of H-pyrrole nitrogens is 1. The van der Waals surface area contributed by atoms with Gasteiger partial charge in [0, 0.05) is 0 Å². The lowest BCUT2D eigenvalue weighted by Gasteiger charge is -1.99. The van der Waals surface area contributed by atoms with E-state index in [-0.39, 0.29) is 5.56 Å². The van der Waals surface area contributed by atoms with Crippen molar-refractivity contribution in [1.29, 1.82) is 0 Å². The monoisotopic (exact) mass is 194 g/mol. The number of rotatable bonds is 0. The molecule has 1 heterocycles. The van der Waals surface area contributed by atoms with Crippen LogP contribution in [0, 0.1) is 6.92 Å². The smallest absolute Gasteiger partial charge is 0.269 e. The van der Waals surface area contributed by atoms with Crippen LogP contribution in [0.15, 0.2) is 23.0 Å². The molecule has 0 unspecified atom stereocenters. The third-order valence-corrected chi connectivity index (χ3v) is 2.15. The minimum Gasteiger partial charge on any atom is -0.319 e. The topological polar surface area (TPSA) is 45.8 Å². The number of nitrogens with zero attached hydrogens (tertiary/aromatic N) is 1. The molecule has 13 heavy (non-hydrogen) atoms. The molecule has 2 aromatic rings. The number of hydrogen-bond acceptors (Lipinski definition) is 2. The maximum atomic E-state index is 11.2. The Bertz CT molecular complexity index is 518. The van der Waals surface area contributed by atoms with Gasteiger partial charge in [-0.1, -0.05) is 17.7 Å². The van der Waals surface area contributed by atoms with E-state index < -0.39 is 0 Å². The van der Waals surface area contributed by atoms with Crippen molar-refractivity contribution in [3.63, 3.8) is 0 Å². The van der Waals surface area contributed by atoms with Crippen LogP contribution < -0.4 is 5.56 Å². The van der Waals surface area contributed by atoms with Gasteiger partial charge in [0.25, 0.3) is 5.56 Å². The summed E-state index contributed by atoms with van der Waals surface area (Å²) in [4.78, 5) is 18.0. The van der Waals surface area contributed by atoms with Crippen LogP contribution in [-0.4, -0.2) is 9.97 Å². The van der Waals surface area contributed by atoms with E-state index in [0.29, 0.717) is 21.7 Å². The first kappa shape index (κ1) is 8.26. The molecule has 1 aromatic carbocycles. The van der Waals surface area contributed by atoms with Gasteiger partial charge >= 0.3 is 0 Å².